The Morgan fingerprint density at radius 1 is 1.37 bits per heavy atom. The van der Waals surface area contributed by atoms with E-state index in [4.69, 9.17) is 0 Å². The summed E-state index contributed by atoms with van der Waals surface area (Å²) in [5.41, 5.74) is 1.80. The van der Waals surface area contributed by atoms with Gasteiger partial charge < -0.3 is 10.6 Å². The number of amides is 2. The van der Waals surface area contributed by atoms with Crippen molar-refractivity contribution < 1.29 is 14.0 Å². The number of carbonyl (C=O) groups is 2. The zero-order chi connectivity index (χ0) is 19.2. The Morgan fingerprint density at radius 2 is 2.22 bits per heavy atom. The van der Waals surface area contributed by atoms with E-state index >= 15 is 0 Å². The van der Waals surface area contributed by atoms with Crippen molar-refractivity contribution in [3.05, 3.63) is 59.7 Å². The molecule has 0 aliphatic carbocycles. The number of aromatic nitrogens is 1. The van der Waals surface area contributed by atoms with E-state index in [2.05, 4.69) is 15.6 Å². The van der Waals surface area contributed by atoms with Crippen LogP contribution in [-0.4, -0.2) is 40.8 Å². The number of hydrogen-bond donors (Lipinski definition) is 2. The van der Waals surface area contributed by atoms with Crippen LogP contribution in [0.3, 0.4) is 0 Å². The van der Waals surface area contributed by atoms with E-state index in [0.717, 1.165) is 12.1 Å². The lowest BCUT2D eigenvalue weighted by Gasteiger charge is -2.24. The van der Waals surface area contributed by atoms with Gasteiger partial charge in [0, 0.05) is 37.4 Å². The molecule has 0 radical (unpaired) electrons. The highest BCUT2D eigenvalue weighted by Gasteiger charge is 2.24. The van der Waals surface area contributed by atoms with E-state index < -0.39 is 0 Å². The van der Waals surface area contributed by atoms with Crippen molar-refractivity contribution in [3.8, 4) is 0 Å². The van der Waals surface area contributed by atoms with Gasteiger partial charge in [-0.05, 0) is 43.2 Å². The predicted octanol–water partition coefficient (Wildman–Crippen LogP) is 2.25. The Bertz CT molecular complexity index is 813. The molecule has 7 heteroatoms. The number of hydrogen-bond acceptors (Lipinski definition) is 4. The fraction of sp³-hybridized carbons (Fsp3) is 0.350. The summed E-state index contributed by atoms with van der Waals surface area (Å²) in [5, 5.41) is 5.66. The third kappa shape index (κ3) is 5.59. The van der Waals surface area contributed by atoms with Gasteiger partial charge in [-0.1, -0.05) is 12.1 Å². The average Bonchev–Trinajstić information content (AvgIpc) is 3.03. The molecule has 2 amide bonds. The summed E-state index contributed by atoms with van der Waals surface area (Å²) in [6.07, 6.45) is 2.97. The Hall–Kier alpha value is -2.80. The molecule has 1 aliphatic rings. The van der Waals surface area contributed by atoms with Crippen LogP contribution in [0.4, 0.5) is 10.1 Å². The zero-order valence-corrected chi connectivity index (χ0v) is 15.2. The van der Waals surface area contributed by atoms with Gasteiger partial charge in [0.1, 0.15) is 5.82 Å². The first kappa shape index (κ1) is 19.0. The van der Waals surface area contributed by atoms with Gasteiger partial charge in [0.05, 0.1) is 12.2 Å². The molecule has 0 saturated carbocycles. The van der Waals surface area contributed by atoms with Crippen LogP contribution in [0.25, 0.3) is 0 Å². The molecular formula is C20H23FN4O2. The number of carbonyl (C=O) groups excluding carboxylic acids is 2. The molecule has 1 saturated heterocycles. The minimum absolute atomic E-state index is 0.0193. The lowest BCUT2D eigenvalue weighted by Crippen LogP contribution is -2.42. The van der Waals surface area contributed by atoms with Gasteiger partial charge >= 0.3 is 0 Å². The van der Waals surface area contributed by atoms with Crippen molar-refractivity contribution in [1.29, 1.82) is 0 Å². The maximum atomic E-state index is 13.7. The number of nitrogens with one attached hydrogen (secondary N) is 2. The second kappa shape index (κ2) is 8.73. The summed E-state index contributed by atoms with van der Waals surface area (Å²) in [4.78, 5) is 30.2. The van der Waals surface area contributed by atoms with E-state index in [0.29, 0.717) is 30.8 Å². The number of rotatable bonds is 7. The van der Waals surface area contributed by atoms with Crippen LogP contribution < -0.4 is 10.6 Å². The van der Waals surface area contributed by atoms with Gasteiger partial charge in [0.2, 0.25) is 11.8 Å². The van der Waals surface area contributed by atoms with Crippen LogP contribution in [-0.2, 0) is 16.1 Å². The third-order valence-corrected chi connectivity index (χ3v) is 4.50. The standard InChI is InChI=1S/C20H23FN4O2/c1-14-5-6-15(10-18(14)21)23-20(27)13-25(11-16-4-2-3-9-22-16)12-17-7-8-19(26)24-17/h2-6,9-10,17H,7-8,11-13H2,1H3,(H,23,27)(H,24,26)/t17-/m0/s1. The summed E-state index contributed by atoms with van der Waals surface area (Å²) in [5.74, 6) is -0.553. The topological polar surface area (TPSA) is 74.3 Å². The summed E-state index contributed by atoms with van der Waals surface area (Å²) in [7, 11) is 0. The van der Waals surface area contributed by atoms with Gasteiger partial charge in [-0.25, -0.2) is 4.39 Å². The quantitative estimate of drug-likeness (QED) is 0.784. The minimum atomic E-state index is -0.355. The van der Waals surface area contributed by atoms with E-state index in [1.54, 1.807) is 25.3 Å². The highest BCUT2D eigenvalue weighted by atomic mass is 19.1. The highest BCUT2D eigenvalue weighted by molar-refractivity contribution is 5.92. The number of benzene rings is 1. The molecule has 1 atom stereocenters. The van der Waals surface area contributed by atoms with Crippen LogP contribution in [0, 0.1) is 12.7 Å². The molecule has 2 heterocycles. The Balaban J connectivity index is 1.64. The molecule has 6 nitrogen and oxygen atoms in total. The van der Waals surface area contributed by atoms with Gasteiger partial charge in [0.15, 0.2) is 0 Å². The maximum absolute atomic E-state index is 13.7. The first-order valence-electron chi connectivity index (χ1n) is 8.97. The van der Waals surface area contributed by atoms with Gasteiger partial charge in [-0.3, -0.25) is 19.5 Å². The monoisotopic (exact) mass is 370 g/mol. The lowest BCUT2D eigenvalue weighted by atomic mass is 10.2. The van der Waals surface area contributed by atoms with E-state index in [1.807, 2.05) is 23.1 Å². The van der Waals surface area contributed by atoms with E-state index in [9.17, 15) is 14.0 Å². The second-order valence-corrected chi connectivity index (χ2v) is 6.81. The van der Waals surface area contributed by atoms with Crippen molar-refractivity contribution in [3.63, 3.8) is 0 Å². The Kier molecular flexibility index (Phi) is 6.13. The molecule has 1 aliphatic heterocycles. The number of anilines is 1. The molecule has 0 spiro atoms. The first-order valence-corrected chi connectivity index (χ1v) is 8.97. The fourth-order valence-electron chi connectivity index (χ4n) is 3.11. The zero-order valence-electron chi connectivity index (χ0n) is 15.2. The van der Waals surface area contributed by atoms with Crippen LogP contribution in [0.15, 0.2) is 42.6 Å². The molecule has 27 heavy (non-hydrogen) atoms. The van der Waals surface area contributed by atoms with Crippen LogP contribution in [0.5, 0.6) is 0 Å². The predicted molar refractivity (Wildman–Crippen MR) is 100 cm³/mol. The molecule has 1 aromatic heterocycles. The molecule has 2 N–H and O–H groups in total. The van der Waals surface area contributed by atoms with Crippen LogP contribution in [0.2, 0.25) is 0 Å². The van der Waals surface area contributed by atoms with Gasteiger partial charge in [0.25, 0.3) is 0 Å². The molecule has 142 valence electrons. The number of nitrogens with zero attached hydrogens (tertiary/aromatic N) is 2. The molecule has 1 aromatic carbocycles. The summed E-state index contributed by atoms with van der Waals surface area (Å²) >= 11 is 0. The number of halogens is 1. The molecule has 2 aromatic rings. The van der Waals surface area contributed by atoms with Gasteiger partial charge in [-0.2, -0.15) is 0 Å². The maximum Gasteiger partial charge on any atom is 0.238 e. The normalized spacial score (nSPS) is 16.4. The van der Waals surface area contributed by atoms with Crippen molar-refractivity contribution >= 4 is 17.5 Å². The SMILES string of the molecule is Cc1ccc(NC(=O)CN(Cc2ccccn2)C[C@@H]2CCC(=O)N2)cc1F. The number of pyridine rings is 1. The Morgan fingerprint density at radius 3 is 2.89 bits per heavy atom. The summed E-state index contributed by atoms with van der Waals surface area (Å²) in [6, 6.07) is 10.3. The van der Waals surface area contributed by atoms with Crippen molar-refractivity contribution in [2.24, 2.45) is 0 Å². The van der Waals surface area contributed by atoms with E-state index in [-0.39, 0.29) is 30.2 Å². The molecule has 1 fully saturated rings. The van der Waals surface area contributed by atoms with Crippen molar-refractivity contribution in [1.82, 2.24) is 15.2 Å². The third-order valence-electron chi connectivity index (χ3n) is 4.50. The van der Waals surface area contributed by atoms with Gasteiger partial charge in [-0.15, -0.1) is 0 Å². The fourth-order valence-corrected chi connectivity index (χ4v) is 3.11. The summed E-state index contributed by atoms with van der Waals surface area (Å²) < 4.78 is 13.7. The van der Waals surface area contributed by atoms with Crippen LogP contribution >= 0.6 is 0 Å². The second-order valence-electron chi connectivity index (χ2n) is 6.81. The van der Waals surface area contributed by atoms with Crippen molar-refractivity contribution in [2.45, 2.75) is 32.4 Å². The molecule has 0 unspecified atom stereocenters. The first-order chi connectivity index (χ1) is 13.0. The molecular weight excluding hydrogens is 347 g/mol. The highest BCUT2D eigenvalue weighted by Crippen LogP contribution is 2.14. The average molecular weight is 370 g/mol. The largest absolute Gasteiger partial charge is 0.352 e. The summed E-state index contributed by atoms with van der Waals surface area (Å²) in [6.45, 7) is 2.84. The van der Waals surface area contributed by atoms with Crippen molar-refractivity contribution in [2.75, 3.05) is 18.4 Å². The Labute approximate surface area is 157 Å². The lowest BCUT2D eigenvalue weighted by molar-refractivity contribution is -0.119. The molecule has 3 rings (SSSR count). The smallest absolute Gasteiger partial charge is 0.238 e. The van der Waals surface area contributed by atoms with Crippen LogP contribution in [0.1, 0.15) is 24.1 Å². The minimum Gasteiger partial charge on any atom is -0.352 e. The molecule has 0 bridgehead atoms. The number of aryl methyl sites for hydroxylation is 1. The van der Waals surface area contributed by atoms with E-state index in [1.165, 1.54) is 6.07 Å².